The molecule has 0 bridgehead atoms. The largest absolute Gasteiger partial charge is 0.489 e. The fourth-order valence-corrected chi connectivity index (χ4v) is 4.62. The third-order valence-electron chi connectivity index (χ3n) is 6.67. The van der Waals surface area contributed by atoms with Crippen molar-refractivity contribution in [1.82, 2.24) is 9.97 Å². The molecule has 2 N–H and O–H groups in total. The molecule has 0 radical (unpaired) electrons. The van der Waals surface area contributed by atoms with Gasteiger partial charge in [-0.2, -0.15) is 0 Å². The summed E-state index contributed by atoms with van der Waals surface area (Å²) in [6.07, 6.45) is 4.81. The number of anilines is 1. The van der Waals surface area contributed by atoms with Crippen LogP contribution >= 0.6 is 0 Å². The zero-order valence-electron chi connectivity index (χ0n) is 20.6. The number of fused-ring (bicyclic) bond motifs is 3. The van der Waals surface area contributed by atoms with Crippen molar-refractivity contribution in [3.05, 3.63) is 106 Å². The number of pyridine rings is 2. The fourth-order valence-electron chi connectivity index (χ4n) is 4.62. The van der Waals surface area contributed by atoms with Crippen LogP contribution in [0.3, 0.4) is 0 Å². The molecule has 35 heavy (non-hydrogen) atoms. The number of benzene rings is 3. The number of aryl methyl sites for hydroxylation is 5. The molecule has 3 aromatic carbocycles. The number of rotatable bonds is 7. The van der Waals surface area contributed by atoms with Crippen LogP contribution in [0, 0.1) is 13.8 Å². The molecule has 4 nitrogen and oxygen atoms in total. The molecule has 0 saturated heterocycles. The number of nitrogen functional groups attached to an aromatic ring is 1. The Balaban J connectivity index is 1.30. The van der Waals surface area contributed by atoms with Gasteiger partial charge in [0.1, 0.15) is 17.9 Å². The highest BCUT2D eigenvalue weighted by molar-refractivity contribution is 6.08. The van der Waals surface area contributed by atoms with Crippen LogP contribution in [0.25, 0.3) is 21.8 Å². The van der Waals surface area contributed by atoms with Gasteiger partial charge in [-0.3, -0.25) is 4.98 Å². The Bertz CT molecular complexity index is 1520. The van der Waals surface area contributed by atoms with Crippen molar-refractivity contribution >= 4 is 27.6 Å². The monoisotopic (exact) mass is 461 g/mol. The van der Waals surface area contributed by atoms with Gasteiger partial charge in [0, 0.05) is 17.0 Å². The molecule has 0 aliphatic carbocycles. The van der Waals surface area contributed by atoms with Gasteiger partial charge in [-0.05, 0) is 90.8 Å². The number of hydrogen-bond donors (Lipinski definition) is 1. The summed E-state index contributed by atoms with van der Waals surface area (Å²) in [5.74, 6) is 1.39. The summed E-state index contributed by atoms with van der Waals surface area (Å²) in [6, 6.07) is 23.5. The minimum Gasteiger partial charge on any atom is -0.489 e. The van der Waals surface area contributed by atoms with Crippen LogP contribution in [-0.4, -0.2) is 9.97 Å². The van der Waals surface area contributed by atoms with E-state index in [1.165, 1.54) is 33.4 Å². The molecule has 0 saturated carbocycles. The summed E-state index contributed by atoms with van der Waals surface area (Å²) in [4.78, 5) is 9.21. The molecule has 0 unspecified atom stereocenters. The first kappa shape index (κ1) is 22.9. The maximum Gasteiger partial charge on any atom is 0.150 e. The van der Waals surface area contributed by atoms with Crippen LogP contribution < -0.4 is 10.5 Å². The van der Waals surface area contributed by atoms with E-state index in [-0.39, 0.29) is 0 Å². The van der Waals surface area contributed by atoms with E-state index in [1.807, 2.05) is 6.20 Å². The Morgan fingerprint density at radius 1 is 0.829 bits per heavy atom. The third-order valence-corrected chi connectivity index (χ3v) is 6.67. The molecule has 0 aliphatic rings. The van der Waals surface area contributed by atoms with Crippen molar-refractivity contribution in [3.63, 3.8) is 0 Å². The Hall–Kier alpha value is -3.92. The molecule has 0 atom stereocenters. The van der Waals surface area contributed by atoms with Gasteiger partial charge in [-0.25, -0.2) is 4.98 Å². The summed E-state index contributed by atoms with van der Waals surface area (Å²) in [6.45, 7) is 6.98. The van der Waals surface area contributed by atoms with Crippen LogP contribution in [0.15, 0.2) is 72.9 Å². The maximum absolute atomic E-state index is 6.21. The quantitative estimate of drug-likeness (QED) is 0.268. The van der Waals surface area contributed by atoms with Gasteiger partial charge in [-0.1, -0.05) is 49.4 Å². The van der Waals surface area contributed by atoms with Crippen molar-refractivity contribution in [2.45, 2.75) is 46.6 Å². The van der Waals surface area contributed by atoms with E-state index >= 15 is 0 Å². The van der Waals surface area contributed by atoms with E-state index in [0.717, 1.165) is 46.8 Å². The highest BCUT2D eigenvalue weighted by Gasteiger charge is 2.10. The molecule has 5 aromatic rings. The lowest BCUT2D eigenvalue weighted by atomic mass is 9.99. The molecule has 0 spiro atoms. The Morgan fingerprint density at radius 3 is 2.51 bits per heavy atom. The Morgan fingerprint density at radius 2 is 1.69 bits per heavy atom. The van der Waals surface area contributed by atoms with E-state index in [9.17, 15) is 0 Å². The van der Waals surface area contributed by atoms with Crippen molar-refractivity contribution in [1.29, 1.82) is 0 Å². The minimum absolute atomic E-state index is 0.484. The van der Waals surface area contributed by atoms with Crippen molar-refractivity contribution < 1.29 is 4.74 Å². The zero-order chi connectivity index (χ0) is 24.4. The minimum atomic E-state index is 0.484. The van der Waals surface area contributed by atoms with Gasteiger partial charge >= 0.3 is 0 Å². The van der Waals surface area contributed by atoms with Crippen molar-refractivity contribution in [2.24, 2.45) is 0 Å². The topological polar surface area (TPSA) is 61.0 Å². The van der Waals surface area contributed by atoms with Gasteiger partial charge in [0.25, 0.3) is 0 Å². The van der Waals surface area contributed by atoms with Gasteiger partial charge in [0.15, 0.2) is 5.82 Å². The lowest BCUT2D eigenvalue weighted by Crippen LogP contribution is -2.00. The highest BCUT2D eigenvalue weighted by Crippen LogP contribution is 2.28. The maximum atomic E-state index is 6.21. The zero-order valence-corrected chi connectivity index (χ0v) is 20.6. The average molecular weight is 462 g/mol. The van der Waals surface area contributed by atoms with Crippen molar-refractivity contribution in [3.8, 4) is 5.75 Å². The molecular formula is C31H31N3O. The molecule has 176 valence electrons. The first-order valence-electron chi connectivity index (χ1n) is 12.2. The second-order valence-corrected chi connectivity index (χ2v) is 9.31. The molecule has 0 fully saturated rings. The van der Waals surface area contributed by atoms with Gasteiger partial charge in [0.05, 0.1) is 5.52 Å². The smallest absolute Gasteiger partial charge is 0.150 e. The normalized spacial score (nSPS) is 11.3. The summed E-state index contributed by atoms with van der Waals surface area (Å²) >= 11 is 0. The Kier molecular flexibility index (Phi) is 6.37. The molecule has 0 aliphatic heterocycles. The number of nitrogens with zero attached hydrogens (tertiary/aromatic N) is 2. The highest BCUT2D eigenvalue weighted by atomic mass is 16.5. The number of aromatic nitrogens is 2. The second kappa shape index (κ2) is 9.75. The SMILES string of the molecule is CCc1cccc(COc2ccc(CCc3cnc4c(N)nc5cc(C)ccc5c4c3)c(C)c2)c1. The van der Waals surface area contributed by atoms with E-state index in [4.69, 9.17) is 10.5 Å². The molecule has 4 heteroatoms. The van der Waals surface area contributed by atoms with E-state index in [0.29, 0.717) is 12.4 Å². The van der Waals surface area contributed by atoms with Crippen LogP contribution in [0.5, 0.6) is 5.75 Å². The van der Waals surface area contributed by atoms with Gasteiger partial charge < -0.3 is 10.5 Å². The lowest BCUT2D eigenvalue weighted by Gasteiger charge is -2.12. The van der Waals surface area contributed by atoms with Crippen LogP contribution in [-0.2, 0) is 25.9 Å². The van der Waals surface area contributed by atoms with E-state index < -0.39 is 0 Å². The standard InChI is InChI=1S/C31H31N3O/c1-4-22-6-5-7-24(16-22)19-35-26-12-11-25(21(3)15-26)10-9-23-17-28-27-13-8-20(2)14-29(27)34-31(32)30(28)33-18-23/h5-8,11-18H,4,9-10,19H2,1-3H3,(H2,32,34). The van der Waals surface area contributed by atoms with Crippen molar-refractivity contribution in [2.75, 3.05) is 5.73 Å². The van der Waals surface area contributed by atoms with E-state index in [2.05, 4.69) is 97.5 Å². The summed E-state index contributed by atoms with van der Waals surface area (Å²) in [5.41, 5.74) is 15.4. The predicted octanol–water partition coefficient (Wildman–Crippen LogP) is 6.91. The fraction of sp³-hybridized carbons (Fsp3) is 0.226. The lowest BCUT2D eigenvalue weighted by molar-refractivity contribution is 0.306. The van der Waals surface area contributed by atoms with Crippen LogP contribution in [0.2, 0.25) is 0 Å². The van der Waals surface area contributed by atoms with Crippen LogP contribution in [0.1, 0.15) is 40.3 Å². The number of hydrogen-bond acceptors (Lipinski definition) is 4. The Labute approximate surface area is 206 Å². The van der Waals surface area contributed by atoms with Gasteiger partial charge in [-0.15, -0.1) is 0 Å². The molecule has 2 aromatic heterocycles. The summed E-state index contributed by atoms with van der Waals surface area (Å²) < 4.78 is 6.07. The molecule has 0 amide bonds. The van der Waals surface area contributed by atoms with E-state index in [1.54, 1.807) is 0 Å². The number of nitrogens with two attached hydrogens (primary N) is 1. The first-order chi connectivity index (χ1) is 17.0. The predicted molar refractivity (Wildman–Crippen MR) is 145 cm³/mol. The second-order valence-electron chi connectivity index (χ2n) is 9.31. The average Bonchev–Trinajstić information content (AvgIpc) is 2.87. The molecule has 2 heterocycles. The third kappa shape index (κ3) is 4.97. The molecule has 5 rings (SSSR count). The first-order valence-corrected chi connectivity index (χ1v) is 12.2. The van der Waals surface area contributed by atoms with Crippen LogP contribution in [0.4, 0.5) is 5.82 Å². The summed E-state index contributed by atoms with van der Waals surface area (Å²) in [5, 5.41) is 2.16. The summed E-state index contributed by atoms with van der Waals surface area (Å²) in [7, 11) is 0. The number of ether oxygens (including phenoxy) is 1. The molecular weight excluding hydrogens is 430 g/mol. The van der Waals surface area contributed by atoms with Gasteiger partial charge in [0.2, 0.25) is 0 Å².